The van der Waals surface area contributed by atoms with Gasteiger partial charge in [0.15, 0.2) is 0 Å². The molecule has 0 bridgehead atoms. The maximum Gasteiger partial charge on any atom is 0.410 e. The normalized spacial score (nSPS) is 14.6. The fraction of sp³-hybridized carbons (Fsp3) is 0.560. The van der Waals surface area contributed by atoms with Crippen molar-refractivity contribution in [2.45, 2.75) is 57.9 Å². The number of amides is 2. The van der Waals surface area contributed by atoms with Crippen molar-refractivity contribution in [2.75, 3.05) is 25.4 Å². The fourth-order valence-electron chi connectivity index (χ4n) is 3.76. The van der Waals surface area contributed by atoms with Gasteiger partial charge in [0, 0.05) is 61.4 Å². The first-order valence-electron chi connectivity index (χ1n) is 11.9. The van der Waals surface area contributed by atoms with E-state index in [1.54, 1.807) is 24.8 Å². The van der Waals surface area contributed by atoms with Crippen LogP contribution in [0.25, 0.3) is 10.9 Å². The van der Waals surface area contributed by atoms with Crippen molar-refractivity contribution in [3.63, 3.8) is 0 Å². The quantitative estimate of drug-likeness (QED) is 0.338. The first-order valence-corrected chi connectivity index (χ1v) is 12.9. The molecule has 192 valence electrons. The Bertz CT molecular complexity index is 1080. The zero-order valence-electron chi connectivity index (χ0n) is 20.8. The summed E-state index contributed by atoms with van der Waals surface area (Å²) in [4.78, 5) is 26.6. The largest absolute Gasteiger partial charge is 0.439 e. The first-order chi connectivity index (χ1) is 16.5. The predicted molar refractivity (Wildman–Crippen MR) is 135 cm³/mol. The van der Waals surface area contributed by atoms with Gasteiger partial charge >= 0.3 is 6.09 Å². The highest BCUT2D eigenvalue weighted by atomic mass is 32.2. The van der Waals surface area contributed by atoms with E-state index >= 15 is 0 Å². The third-order valence-corrected chi connectivity index (χ3v) is 7.14. The number of rotatable bonds is 11. The van der Waals surface area contributed by atoms with E-state index in [4.69, 9.17) is 4.74 Å². The number of alkyl halides is 2. The Kier molecular flexibility index (Phi) is 8.46. The standard InChI is InChI=1S/C25H34F2N4O3S/c1-6-18-12-21-19(11-20(18)22(32)28-9-10-35-25(26,27)8-3)16-31(29-21)15-17-13-30(14-17)23(33)34-24(4,5)7-2/h7,11-12,16-17H,2,6,8-10,13-15H2,1,3-5H3,(H,28,32). The van der Waals surface area contributed by atoms with Crippen LogP contribution in [0.15, 0.2) is 31.0 Å². The molecule has 1 N–H and O–H groups in total. The van der Waals surface area contributed by atoms with Crippen LogP contribution in [0.4, 0.5) is 13.6 Å². The smallest absolute Gasteiger partial charge is 0.410 e. The van der Waals surface area contributed by atoms with Crippen molar-refractivity contribution in [3.8, 4) is 0 Å². The second-order valence-corrected chi connectivity index (χ2v) is 10.6. The monoisotopic (exact) mass is 508 g/mol. The fourth-order valence-corrected chi connectivity index (χ4v) is 4.46. The molecule has 7 nitrogen and oxygen atoms in total. The van der Waals surface area contributed by atoms with Gasteiger partial charge in [-0.2, -0.15) is 13.9 Å². The highest BCUT2D eigenvalue weighted by molar-refractivity contribution is 8.00. The van der Waals surface area contributed by atoms with Crippen LogP contribution in [-0.2, 0) is 17.7 Å². The van der Waals surface area contributed by atoms with Crippen LogP contribution in [0.5, 0.6) is 0 Å². The molecular formula is C25H34F2N4O3S. The molecule has 0 radical (unpaired) electrons. The SMILES string of the molecule is C=CC(C)(C)OC(=O)N1CC(Cn2cc3cc(C(=O)NCCSC(F)(F)CC)c(CC)cc3n2)C1. The van der Waals surface area contributed by atoms with Crippen molar-refractivity contribution in [1.29, 1.82) is 0 Å². The van der Waals surface area contributed by atoms with Crippen molar-refractivity contribution < 1.29 is 23.1 Å². The first kappa shape index (κ1) is 27.0. The van der Waals surface area contributed by atoms with E-state index in [1.165, 1.54) is 6.92 Å². The van der Waals surface area contributed by atoms with Gasteiger partial charge in [-0.3, -0.25) is 9.48 Å². The minimum atomic E-state index is -2.77. The van der Waals surface area contributed by atoms with Crippen LogP contribution < -0.4 is 5.32 Å². The molecule has 0 unspecified atom stereocenters. The lowest BCUT2D eigenvalue weighted by atomic mass is 10.0. The summed E-state index contributed by atoms with van der Waals surface area (Å²) in [7, 11) is 0. The summed E-state index contributed by atoms with van der Waals surface area (Å²) < 4.78 is 34.0. The maximum atomic E-state index is 13.4. The van der Waals surface area contributed by atoms with E-state index < -0.39 is 10.9 Å². The third-order valence-electron chi connectivity index (χ3n) is 6.02. The zero-order chi connectivity index (χ0) is 25.8. The van der Waals surface area contributed by atoms with Gasteiger partial charge in [-0.05, 0) is 44.0 Å². The van der Waals surface area contributed by atoms with Crippen LogP contribution in [0.2, 0.25) is 0 Å². The Balaban J connectivity index is 1.59. The molecule has 0 saturated carbocycles. The van der Waals surface area contributed by atoms with Gasteiger partial charge in [-0.1, -0.05) is 32.2 Å². The van der Waals surface area contributed by atoms with Gasteiger partial charge < -0.3 is 15.0 Å². The Labute approximate surface area is 209 Å². The number of aryl methyl sites for hydroxylation is 1. The lowest BCUT2D eigenvalue weighted by Gasteiger charge is -2.39. The molecule has 1 fully saturated rings. The molecule has 1 aromatic carbocycles. The number of nitrogens with one attached hydrogen (secondary N) is 1. The van der Waals surface area contributed by atoms with E-state index in [9.17, 15) is 18.4 Å². The second kappa shape index (κ2) is 11.0. The highest BCUT2D eigenvalue weighted by Gasteiger charge is 2.34. The number of hydrogen-bond acceptors (Lipinski definition) is 5. The number of thioether (sulfide) groups is 1. The number of likely N-dealkylation sites (tertiary alicyclic amines) is 1. The number of nitrogens with zero attached hydrogens (tertiary/aromatic N) is 3. The minimum absolute atomic E-state index is 0.144. The Morgan fingerprint density at radius 1 is 1.31 bits per heavy atom. The minimum Gasteiger partial charge on any atom is -0.439 e. The number of aromatic nitrogens is 2. The number of hydrogen-bond donors (Lipinski definition) is 1. The summed E-state index contributed by atoms with van der Waals surface area (Å²) in [6.07, 6.45) is 3.56. The second-order valence-electron chi connectivity index (χ2n) is 9.31. The molecule has 2 aromatic rings. The Hall–Kier alpha value is -2.62. The average molecular weight is 509 g/mol. The van der Waals surface area contributed by atoms with Gasteiger partial charge in [0.2, 0.25) is 0 Å². The van der Waals surface area contributed by atoms with Crippen molar-refractivity contribution in [3.05, 3.63) is 42.1 Å². The number of ether oxygens (including phenoxy) is 1. The van der Waals surface area contributed by atoms with E-state index in [1.807, 2.05) is 29.9 Å². The lowest BCUT2D eigenvalue weighted by Crippen LogP contribution is -2.52. The van der Waals surface area contributed by atoms with Crippen LogP contribution >= 0.6 is 11.8 Å². The summed E-state index contributed by atoms with van der Waals surface area (Å²) in [5.74, 6) is 0.133. The van der Waals surface area contributed by atoms with E-state index in [-0.39, 0.29) is 36.6 Å². The summed E-state index contributed by atoms with van der Waals surface area (Å²) in [6, 6.07) is 3.71. The Morgan fingerprint density at radius 3 is 2.66 bits per heavy atom. The Morgan fingerprint density at radius 2 is 2.03 bits per heavy atom. The molecule has 2 amide bonds. The maximum absolute atomic E-state index is 13.4. The van der Waals surface area contributed by atoms with E-state index in [0.717, 1.165) is 16.5 Å². The van der Waals surface area contributed by atoms with Crippen molar-refractivity contribution in [1.82, 2.24) is 20.0 Å². The molecule has 2 heterocycles. The number of carbonyl (C=O) groups is 2. The molecule has 35 heavy (non-hydrogen) atoms. The van der Waals surface area contributed by atoms with Crippen LogP contribution in [0.3, 0.4) is 0 Å². The van der Waals surface area contributed by atoms with E-state index in [2.05, 4.69) is 17.0 Å². The summed E-state index contributed by atoms with van der Waals surface area (Å²) in [6.45, 7) is 12.6. The molecule has 1 aromatic heterocycles. The van der Waals surface area contributed by atoms with E-state index in [0.29, 0.717) is 43.4 Å². The van der Waals surface area contributed by atoms with Crippen LogP contribution in [0.1, 0.15) is 50.0 Å². The molecule has 1 aliphatic rings. The third kappa shape index (κ3) is 6.96. The lowest BCUT2D eigenvalue weighted by molar-refractivity contribution is 0.00782. The van der Waals surface area contributed by atoms with Gasteiger partial charge in [0.25, 0.3) is 11.2 Å². The van der Waals surface area contributed by atoms with Crippen LogP contribution in [0, 0.1) is 5.92 Å². The highest BCUT2D eigenvalue weighted by Crippen LogP contribution is 2.31. The molecule has 1 aliphatic heterocycles. The van der Waals surface area contributed by atoms with Crippen molar-refractivity contribution >= 4 is 34.7 Å². The molecular weight excluding hydrogens is 474 g/mol. The van der Waals surface area contributed by atoms with Gasteiger partial charge in [-0.15, -0.1) is 0 Å². The number of halogens is 2. The van der Waals surface area contributed by atoms with Crippen molar-refractivity contribution in [2.24, 2.45) is 5.92 Å². The summed E-state index contributed by atoms with van der Waals surface area (Å²) in [5, 5.41) is 5.47. The number of benzene rings is 1. The topological polar surface area (TPSA) is 76.5 Å². The average Bonchev–Trinajstić information content (AvgIpc) is 3.18. The van der Waals surface area contributed by atoms with Crippen LogP contribution in [-0.4, -0.2) is 62.9 Å². The molecule has 0 spiro atoms. The zero-order valence-corrected chi connectivity index (χ0v) is 21.6. The van der Waals surface area contributed by atoms with Gasteiger partial charge in [0.1, 0.15) is 5.60 Å². The molecule has 3 rings (SSSR count). The molecule has 10 heteroatoms. The summed E-state index contributed by atoms with van der Waals surface area (Å²) >= 11 is 0.552. The van der Waals surface area contributed by atoms with Gasteiger partial charge in [0.05, 0.1) is 5.52 Å². The predicted octanol–water partition coefficient (Wildman–Crippen LogP) is 5.10. The number of fused-ring (bicyclic) bond motifs is 1. The number of carbonyl (C=O) groups excluding carboxylic acids is 2. The molecule has 0 aliphatic carbocycles. The van der Waals surface area contributed by atoms with Gasteiger partial charge in [-0.25, -0.2) is 4.79 Å². The summed E-state index contributed by atoms with van der Waals surface area (Å²) in [5.41, 5.74) is 1.48. The molecule has 0 atom stereocenters. The molecule has 1 saturated heterocycles.